The van der Waals surface area contributed by atoms with Gasteiger partial charge in [-0.05, 0) is 25.8 Å². The molecule has 0 saturated carbocycles. The largest absolute Gasteiger partial charge is 0.465 e. The summed E-state index contributed by atoms with van der Waals surface area (Å²) in [6.07, 6.45) is 3.64. The molecule has 1 aliphatic rings. The van der Waals surface area contributed by atoms with Crippen molar-refractivity contribution in [3.8, 4) is 0 Å². The standard InChI is InChI=1S/C10H17ClN2O2/c1-3-4-5-8-6-9(11)13(10(14)15)7(2)12-8/h6-7,9,12H,3-5H2,1-2H3,(H,14,15). The van der Waals surface area contributed by atoms with Crippen molar-refractivity contribution in [2.75, 3.05) is 0 Å². The lowest BCUT2D eigenvalue weighted by molar-refractivity contribution is 0.117. The Morgan fingerprint density at radius 2 is 2.40 bits per heavy atom. The van der Waals surface area contributed by atoms with Crippen LogP contribution in [0.15, 0.2) is 11.8 Å². The minimum atomic E-state index is -0.999. The van der Waals surface area contributed by atoms with Crippen molar-refractivity contribution in [3.05, 3.63) is 11.8 Å². The first-order valence-electron chi connectivity index (χ1n) is 5.18. The smallest absolute Gasteiger partial charge is 0.410 e. The number of hydrogen-bond acceptors (Lipinski definition) is 2. The summed E-state index contributed by atoms with van der Waals surface area (Å²) in [6, 6.07) is 0. The molecule has 0 spiro atoms. The van der Waals surface area contributed by atoms with Gasteiger partial charge >= 0.3 is 6.09 Å². The van der Waals surface area contributed by atoms with Crippen LogP contribution in [0.5, 0.6) is 0 Å². The second kappa shape index (κ2) is 5.26. The maximum absolute atomic E-state index is 10.9. The highest BCUT2D eigenvalue weighted by Crippen LogP contribution is 2.20. The van der Waals surface area contributed by atoms with E-state index in [1.54, 1.807) is 13.0 Å². The summed E-state index contributed by atoms with van der Waals surface area (Å²) in [5, 5.41) is 12.0. The van der Waals surface area contributed by atoms with Gasteiger partial charge in [0.15, 0.2) is 0 Å². The molecule has 0 radical (unpaired) electrons. The van der Waals surface area contributed by atoms with E-state index in [0.29, 0.717) is 0 Å². The first kappa shape index (κ1) is 12.2. The van der Waals surface area contributed by atoms with Gasteiger partial charge in [0.25, 0.3) is 0 Å². The third-order valence-electron chi connectivity index (χ3n) is 2.44. The molecule has 0 saturated heterocycles. The van der Waals surface area contributed by atoms with Crippen molar-refractivity contribution in [3.63, 3.8) is 0 Å². The van der Waals surface area contributed by atoms with Crippen molar-refractivity contribution < 1.29 is 9.90 Å². The number of hydrogen-bond donors (Lipinski definition) is 2. The number of alkyl halides is 1. The molecule has 4 nitrogen and oxygen atoms in total. The van der Waals surface area contributed by atoms with Crippen LogP contribution in [0.4, 0.5) is 4.79 Å². The quantitative estimate of drug-likeness (QED) is 0.581. The number of allylic oxidation sites excluding steroid dienone is 1. The third-order valence-corrected chi connectivity index (χ3v) is 2.77. The predicted octanol–water partition coefficient (Wildman–Crippen LogP) is 2.55. The zero-order valence-corrected chi connectivity index (χ0v) is 9.79. The highest BCUT2D eigenvalue weighted by atomic mass is 35.5. The summed E-state index contributed by atoms with van der Waals surface area (Å²) < 4.78 is 0. The Hall–Kier alpha value is -0.900. The number of unbranched alkanes of at least 4 members (excludes halogenated alkanes) is 1. The summed E-state index contributed by atoms with van der Waals surface area (Å²) >= 11 is 5.97. The first-order valence-corrected chi connectivity index (χ1v) is 5.62. The molecule has 2 atom stereocenters. The summed E-state index contributed by atoms with van der Waals surface area (Å²) in [7, 11) is 0. The number of nitrogens with one attached hydrogen (secondary N) is 1. The van der Waals surface area contributed by atoms with Gasteiger partial charge in [0.05, 0.1) is 0 Å². The molecule has 2 N–H and O–H groups in total. The molecule has 0 aromatic carbocycles. The van der Waals surface area contributed by atoms with Crippen molar-refractivity contribution in [2.24, 2.45) is 0 Å². The SMILES string of the molecule is CCCCC1=CC(Cl)N(C(=O)O)C(C)N1. The molecular formula is C10H17ClN2O2. The molecule has 0 bridgehead atoms. The zero-order chi connectivity index (χ0) is 11.4. The van der Waals surface area contributed by atoms with Crippen LogP contribution in [-0.2, 0) is 0 Å². The maximum atomic E-state index is 10.9. The first-order chi connectivity index (χ1) is 7.06. The Balaban J connectivity index is 2.66. The number of carboxylic acid groups (broad SMARTS) is 1. The number of amides is 1. The molecule has 0 aromatic heterocycles. The van der Waals surface area contributed by atoms with Gasteiger partial charge in [-0.25, -0.2) is 4.79 Å². The van der Waals surface area contributed by atoms with Crippen LogP contribution in [-0.4, -0.2) is 27.8 Å². The van der Waals surface area contributed by atoms with Crippen LogP contribution < -0.4 is 5.32 Å². The molecular weight excluding hydrogens is 216 g/mol. The van der Waals surface area contributed by atoms with Crippen LogP contribution in [0.25, 0.3) is 0 Å². The van der Waals surface area contributed by atoms with Crippen LogP contribution in [0.1, 0.15) is 33.1 Å². The van der Waals surface area contributed by atoms with Gasteiger partial charge in [0.2, 0.25) is 0 Å². The van der Waals surface area contributed by atoms with E-state index in [2.05, 4.69) is 12.2 Å². The van der Waals surface area contributed by atoms with E-state index in [1.165, 1.54) is 4.90 Å². The molecule has 86 valence electrons. The summed E-state index contributed by atoms with van der Waals surface area (Å²) in [6.45, 7) is 3.91. The van der Waals surface area contributed by atoms with Gasteiger partial charge in [0, 0.05) is 5.70 Å². The molecule has 0 fully saturated rings. The van der Waals surface area contributed by atoms with Crippen molar-refractivity contribution >= 4 is 17.7 Å². The number of rotatable bonds is 3. The van der Waals surface area contributed by atoms with E-state index >= 15 is 0 Å². The van der Waals surface area contributed by atoms with E-state index in [0.717, 1.165) is 25.0 Å². The van der Waals surface area contributed by atoms with E-state index in [9.17, 15) is 4.79 Å². The second-order valence-corrected chi connectivity index (χ2v) is 4.13. The van der Waals surface area contributed by atoms with Crippen LogP contribution in [0, 0.1) is 0 Å². The number of nitrogens with zero attached hydrogens (tertiary/aromatic N) is 1. The van der Waals surface area contributed by atoms with E-state index in [-0.39, 0.29) is 6.17 Å². The fourth-order valence-electron chi connectivity index (χ4n) is 1.64. The minimum Gasteiger partial charge on any atom is -0.465 e. The third kappa shape index (κ3) is 3.02. The Labute approximate surface area is 94.9 Å². The Bertz CT molecular complexity index is 268. The monoisotopic (exact) mass is 232 g/mol. The summed E-state index contributed by atoms with van der Waals surface area (Å²) in [5.41, 5.74) is 0.479. The average molecular weight is 233 g/mol. The van der Waals surface area contributed by atoms with Crippen LogP contribution in [0.3, 0.4) is 0 Å². The average Bonchev–Trinajstić information content (AvgIpc) is 2.12. The Morgan fingerprint density at radius 3 is 2.87 bits per heavy atom. The maximum Gasteiger partial charge on any atom is 0.410 e. The fraction of sp³-hybridized carbons (Fsp3) is 0.700. The van der Waals surface area contributed by atoms with Crippen molar-refractivity contribution in [1.82, 2.24) is 10.2 Å². The number of carbonyl (C=O) groups is 1. The van der Waals surface area contributed by atoms with Gasteiger partial charge in [-0.3, -0.25) is 4.90 Å². The number of halogens is 1. The zero-order valence-electron chi connectivity index (χ0n) is 9.03. The van der Waals surface area contributed by atoms with Gasteiger partial charge in [-0.1, -0.05) is 24.9 Å². The van der Waals surface area contributed by atoms with Crippen molar-refractivity contribution in [2.45, 2.75) is 44.8 Å². The molecule has 2 unspecified atom stereocenters. The van der Waals surface area contributed by atoms with E-state index in [1.807, 2.05) is 0 Å². The summed E-state index contributed by atoms with van der Waals surface area (Å²) in [5.74, 6) is 0. The highest BCUT2D eigenvalue weighted by molar-refractivity contribution is 6.22. The molecule has 1 rings (SSSR count). The minimum absolute atomic E-state index is 0.262. The van der Waals surface area contributed by atoms with Gasteiger partial charge in [-0.2, -0.15) is 0 Å². The highest BCUT2D eigenvalue weighted by Gasteiger charge is 2.29. The fourth-order valence-corrected chi connectivity index (χ4v) is 2.04. The Morgan fingerprint density at radius 1 is 1.73 bits per heavy atom. The van der Waals surface area contributed by atoms with Gasteiger partial charge in [0.1, 0.15) is 11.7 Å². The molecule has 1 heterocycles. The van der Waals surface area contributed by atoms with Crippen molar-refractivity contribution in [1.29, 1.82) is 0 Å². The molecule has 0 aromatic rings. The van der Waals surface area contributed by atoms with E-state index < -0.39 is 11.6 Å². The second-order valence-electron chi connectivity index (χ2n) is 3.68. The molecule has 15 heavy (non-hydrogen) atoms. The lowest BCUT2D eigenvalue weighted by atomic mass is 10.1. The molecule has 5 heteroatoms. The molecule has 0 aliphatic carbocycles. The lowest BCUT2D eigenvalue weighted by Gasteiger charge is -2.35. The topological polar surface area (TPSA) is 52.6 Å². The lowest BCUT2D eigenvalue weighted by Crippen LogP contribution is -2.52. The molecule has 1 amide bonds. The van der Waals surface area contributed by atoms with Gasteiger partial charge < -0.3 is 10.4 Å². The van der Waals surface area contributed by atoms with Crippen LogP contribution >= 0.6 is 11.6 Å². The predicted molar refractivity (Wildman–Crippen MR) is 59.7 cm³/mol. The van der Waals surface area contributed by atoms with Gasteiger partial charge in [-0.15, -0.1) is 0 Å². The Kier molecular flexibility index (Phi) is 4.27. The van der Waals surface area contributed by atoms with E-state index in [4.69, 9.17) is 16.7 Å². The summed E-state index contributed by atoms with van der Waals surface area (Å²) in [4.78, 5) is 12.1. The van der Waals surface area contributed by atoms with Crippen LogP contribution in [0.2, 0.25) is 0 Å². The molecule has 1 aliphatic heterocycles. The normalized spacial score (nSPS) is 25.8.